The van der Waals surface area contributed by atoms with Crippen molar-refractivity contribution < 1.29 is 31.1 Å². The predicted molar refractivity (Wildman–Crippen MR) is 103 cm³/mol. The predicted octanol–water partition coefficient (Wildman–Crippen LogP) is 5.00. The highest BCUT2D eigenvalue weighted by atomic mass is 19.4. The number of rotatable bonds is 3. The molecule has 0 spiro atoms. The first-order valence-electron chi connectivity index (χ1n) is 9.13. The van der Waals surface area contributed by atoms with E-state index >= 15 is 8.78 Å². The van der Waals surface area contributed by atoms with Crippen molar-refractivity contribution in [1.82, 2.24) is 4.98 Å². The molecule has 168 valence electrons. The molecule has 1 aromatic heterocycles. The number of alkyl halides is 5. The van der Waals surface area contributed by atoms with Gasteiger partial charge in [0, 0.05) is 17.4 Å². The number of nitrogens with one attached hydrogen (secondary N) is 1. The van der Waals surface area contributed by atoms with Crippen LogP contribution in [0, 0.1) is 5.82 Å². The van der Waals surface area contributed by atoms with Crippen molar-refractivity contribution in [3.8, 4) is 0 Å². The minimum Gasteiger partial charge on any atom is -0.385 e. The highest BCUT2D eigenvalue weighted by molar-refractivity contribution is 5.82. The van der Waals surface area contributed by atoms with Gasteiger partial charge in [0.1, 0.15) is 23.9 Å². The summed E-state index contributed by atoms with van der Waals surface area (Å²) >= 11 is 0. The molecule has 0 fully saturated rings. The molecular formula is C20H20F6N4O. The Balaban J connectivity index is 2.08. The number of hydrogen-bond acceptors (Lipinski definition) is 5. The van der Waals surface area contributed by atoms with E-state index in [0.29, 0.717) is 6.20 Å². The van der Waals surface area contributed by atoms with Gasteiger partial charge >= 0.3 is 12.1 Å². The van der Waals surface area contributed by atoms with Crippen molar-refractivity contribution in [2.45, 2.75) is 44.0 Å². The normalized spacial score (nSPS) is 23.1. The van der Waals surface area contributed by atoms with Crippen LogP contribution in [0.4, 0.5) is 37.7 Å². The summed E-state index contributed by atoms with van der Waals surface area (Å²) in [5, 5.41) is 2.63. The molecule has 0 aliphatic carbocycles. The quantitative estimate of drug-likeness (QED) is 0.651. The lowest BCUT2D eigenvalue weighted by Crippen LogP contribution is -2.56. The fourth-order valence-corrected chi connectivity index (χ4v) is 3.36. The molecule has 5 nitrogen and oxygen atoms in total. The molecular weight excluding hydrogens is 426 g/mol. The Hall–Kier alpha value is -2.82. The molecule has 2 heterocycles. The zero-order valence-electron chi connectivity index (χ0n) is 16.8. The molecule has 1 atom stereocenters. The molecule has 2 aromatic rings. The number of nitrogens with two attached hydrogens (primary N) is 1. The van der Waals surface area contributed by atoms with Crippen LogP contribution >= 0.6 is 0 Å². The van der Waals surface area contributed by atoms with Crippen LogP contribution in [0.3, 0.4) is 0 Å². The SMILES string of the molecule is CC1(C)OCC(N)=N[C@](C)(c2cc(Nc3cncc(C(F)(F)F)c3)ccc2F)C1(F)F. The van der Waals surface area contributed by atoms with E-state index in [0.717, 1.165) is 45.2 Å². The molecule has 11 heteroatoms. The van der Waals surface area contributed by atoms with Gasteiger partial charge in [-0.2, -0.15) is 13.2 Å². The van der Waals surface area contributed by atoms with E-state index in [4.69, 9.17) is 10.5 Å². The van der Waals surface area contributed by atoms with E-state index in [2.05, 4.69) is 15.3 Å². The molecule has 1 aliphatic rings. The number of nitrogens with zero attached hydrogens (tertiary/aromatic N) is 2. The fourth-order valence-electron chi connectivity index (χ4n) is 3.36. The summed E-state index contributed by atoms with van der Waals surface area (Å²) in [5.41, 5.74) is -0.271. The molecule has 3 rings (SSSR count). The first-order chi connectivity index (χ1) is 14.2. The van der Waals surface area contributed by atoms with Gasteiger partial charge in [-0.3, -0.25) is 9.98 Å². The molecule has 0 saturated heterocycles. The van der Waals surface area contributed by atoms with Crippen LogP contribution in [-0.2, 0) is 16.5 Å². The monoisotopic (exact) mass is 446 g/mol. The maximum atomic E-state index is 15.5. The summed E-state index contributed by atoms with van der Waals surface area (Å²) in [7, 11) is 0. The minimum absolute atomic E-state index is 0.0585. The number of aromatic nitrogens is 1. The molecule has 31 heavy (non-hydrogen) atoms. The third kappa shape index (κ3) is 4.06. The van der Waals surface area contributed by atoms with Crippen LogP contribution in [0.15, 0.2) is 41.7 Å². The lowest BCUT2D eigenvalue weighted by Gasteiger charge is -2.42. The summed E-state index contributed by atoms with van der Waals surface area (Å²) in [5.74, 6) is -4.92. The molecule has 0 radical (unpaired) electrons. The second kappa shape index (κ2) is 7.40. The van der Waals surface area contributed by atoms with Crippen LogP contribution in [0.5, 0.6) is 0 Å². The topological polar surface area (TPSA) is 72.5 Å². The molecule has 0 unspecified atom stereocenters. The average molecular weight is 446 g/mol. The molecule has 3 N–H and O–H groups in total. The molecule has 1 aromatic carbocycles. The summed E-state index contributed by atoms with van der Waals surface area (Å²) in [6.45, 7) is 2.96. The van der Waals surface area contributed by atoms with Crippen molar-refractivity contribution in [2.24, 2.45) is 10.7 Å². The van der Waals surface area contributed by atoms with E-state index in [1.165, 1.54) is 6.07 Å². The summed E-state index contributed by atoms with van der Waals surface area (Å²) in [6.07, 6.45) is -2.85. The number of pyridine rings is 1. The van der Waals surface area contributed by atoms with Gasteiger partial charge in [-0.15, -0.1) is 0 Å². The maximum Gasteiger partial charge on any atom is 0.417 e. The maximum absolute atomic E-state index is 15.5. The number of halogens is 6. The van der Waals surface area contributed by atoms with Gasteiger partial charge in [0.15, 0.2) is 5.54 Å². The average Bonchev–Trinajstić information content (AvgIpc) is 2.72. The number of aliphatic imine (C=N–C) groups is 1. The number of benzene rings is 1. The lowest BCUT2D eigenvalue weighted by molar-refractivity contribution is -0.214. The van der Waals surface area contributed by atoms with Gasteiger partial charge in [-0.05, 0) is 45.0 Å². The van der Waals surface area contributed by atoms with Crippen LogP contribution < -0.4 is 11.1 Å². The van der Waals surface area contributed by atoms with E-state index < -0.39 is 40.2 Å². The molecule has 0 saturated carbocycles. The zero-order valence-corrected chi connectivity index (χ0v) is 16.8. The summed E-state index contributed by atoms with van der Waals surface area (Å²) in [6, 6.07) is 3.98. The van der Waals surface area contributed by atoms with E-state index in [-0.39, 0.29) is 23.8 Å². The van der Waals surface area contributed by atoms with Crippen LogP contribution in [0.2, 0.25) is 0 Å². The zero-order chi connectivity index (χ0) is 23.2. The van der Waals surface area contributed by atoms with Gasteiger partial charge in [0.05, 0.1) is 17.4 Å². The van der Waals surface area contributed by atoms with E-state index in [9.17, 15) is 17.6 Å². The number of amidine groups is 1. The van der Waals surface area contributed by atoms with Crippen LogP contribution in [0.25, 0.3) is 0 Å². The van der Waals surface area contributed by atoms with Gasteiger partial charge in [-0.1, -0.05) is 0 Å². The smallest absolute Gasteiger partial charge is 0.385 e. The Morgan fingerprint density at radius 2 is 1.74 bits per heavy atom. The largest absolute Gasteiger partial charge is 0.417 e. The van der Waals surface area contributed by atoms with Crippen molar-refractivity contribution in [2.75, 3.05) is 11.9 Å². The second-order valence-corrected chi connectivity index (χ2v) is 7.83. The Kier molecular flexibility index (Phi) is 5.45. The van der Waals surface area contributed by atoms with Crippen LogP contribution in [-0.4, -0.2) is 29.0 Å². The third-order valence-corrected chi connectivity index (χ3v) is 5.16. The van der Waals surface area contributed by atoms with Crippen molar-refractivity contribution in [3.63, 3.8) is 0 Å². The van der Waals surface area contributed by atoms with Crippen molar-refractivity contribution in [3.05, 3.63) is 53.6 Å². The first-order valence-corrected chi connectivity index (χ1v) is 9.13. The molecule has 1 aliphatic heterocycles. The van der Waals surface area contributed by atoms with Gasteiger partial charge in [0.25, 0.3) is 0 Å². The lowest BCUT2D eigenvalue weighted by atomic mass is 9.78. The Bertz CT molecular complexity index is 1020. The van der Waals surface area contributed by atoms with E-state index in [1.807, 2.05) is 0 Å². The third-order valence-electron chi connectivity index (χ3n) is 5.16. The summed E-state index contributed by atoms with van der Waals surface area (Å²) in [4.78, 5) is 7.40. The van der Waals surface area contributed by atoms with Gasteiger partial charge in [0.2, 0.25) is 0 Å². The van der Waals surface area contributed by atoms with Crippen molar-refractivity contribution >= 4 is 17.2 Å². The van der Waals surface area contributed by atoms with Gasteiger partial charge < -0.3 is 15.8 Å². The summed E-state index contributed by atoms with van der Waals surface area (Å²) < 4.78 is 89.6. The number of anilines is 2. The standard InChI is InChI=1S/C20H20F6N4O/c1-17(2)20(25,26)18(3,30-16(27)10-31-17)14-7-12(4-5-15(14)21)29-13-6-11(8-28-9-13)19(22,23)24/h4-9,29H,10H2,1-3H3,(H2,27,30)/t18-/m1/s1. The Morgan fingerprint density at radius 3 is 2.39 bits per heavy atom. The fraction of sp³-hybridized carbons (Fsp3) is 0.400. The Labute approximate surface area is 174 Å². The minimum atomic E-state index is -4.62. The molecule has 0 bridgehead atoms. The van der Waals surface area contributed by atoms with Gasteiger partial charge in [-0.25, -0.2) is 13.2 Å². The highest BCUT2D eigenvalue weighted by Gasteiger charge is 2.63. The second-order valence-electron chi connectivity index (χ2n) is 7.83. The van der Waals surface area contributed by atoms with Crippen LogP contribution in [0.1, 0.15) is 31.9 Å². The molecule has 0 amide bonds. The number of hydrogen-bond donors (Lipinski definition) is 2. The highest BCUT2D eigenvalue weighted by Crippen LogP contribution is 2.51. The Morgan fingerprint density at radius 1 is 1.06 bits per heavy atom. The van der Waals surface area contributed by atoms with E-state index in [1.54, 1.807) is 0 Å². The first kappa shape index (κ1) is 22.9. The van der Waals surface area contributed by atoms with Crippen molar-refractivity contribution in [1.29, 1.82) is 0 Å². The number of ether oxygens (including phenoxy) is 1.